The third-order valence-electron chi connectivity index (χ3n) is 4.05. The van der Waals surface area contributed by atoms with Crippen LogP contribution in [0.1, 0.15) is 13.3 Å². The smallest absolute Gasteiger partial charge is 0.239 e. The maximum atomic E-state index is 12.6. The standard InChI is InChI=1S/C17H19BrN4O2/c1-12(11-21-8-3-7-19-21)20-16(23)15-6-9-22(17(15)24)14-5-2-4-13(18)10-14/h2-5,7-8,10,12,15H,6,9,11H2,1H3,(H,20,23)/t12-,15-/m0/s1. The molecule has 7 heteroatoms. The van der Waals surface area contributed by atoms with Crippen LogP contribution in [0.3, 0.4) is 0 Å². The fraction of sp³-hybridized carbons (Fsp3) is 0.353. The van der Waals surface area contributed by atoms with Gasteiger partial charge in [0.2, 0.25) is 11.8 Å². The zero-order chi connectivity index (χ0) is 17.1. The van der Waals surface area contributed by atoms with Gasteiger partial charge in [0.1, 0.15) is 5.92 Å². The molecule has 3 rings (SSSR count). The van der Waals surface area contributed by atoms with Crippen LogP contribution in [-0.2, 0) is 16.1 Å². The van der Waals surface area contributed by atoms with E-state index in [0.29, 0.717) is 19.5 Å². The van der Waals surface area contributed by atoms with E-state index >= 15 is 0 Å². The monoisotopic (exact) mass is 390 g/mol. The van der Waals surface area contributed by atoms with Gasteiger partial charge in [-0.15, -0.1) is 0 Å². The minimum absolute atomic E-state index is 0.0925. The first-order chi connectivity index (χ1) is 11.5. The molecule has 1 aliphatic heterocycles. The van der Waals surface area contributed by atoms with Crippen molar-refractivity contribution in [2.24, 2.45) is 5.92 Å². The van der Waals surface area contributed by atoms with E-state index in [-0.39, 0.29) is 17.9 Å². The van der Waals surface area contributed by atoms with Crippen LogP contribution >= 0.6 is 15.9 Å². The molecule has 2 atom stereocenters. The number of nitrogens with one attached hydrogen (secondary N) is 1. The van der Waals surface area contributed by atoms with Crippen LogP contribution in [-0.4, -0.2) is 34.2 Å². The number of halogens is 1. The second-order valence-corrected chi connectivity index (χ2v) is 6.86. The number of hydrogen-bond donors (Lipinski definition) is 1. The Morgan fingerprint density at radius 3 is 3.00 bits per heavy atom. The summed E-state index contributed by atoms with van der Waals surface area (Å²) in [5.74, 6) is -0.974. The van der Waals surface area contributed by atoms with E-state index in [2.05, 4.69) is 26.3 Å². The first kappa shape index (κ1) is 16.7. The summed E-state index contributed by atoms with van der Waals surface area (Å²) >= 11 is 3.41. The number of benzene rings is 1. The number of rotatable bonds is 5. The summed E-state index contributed by atoms with van der Waals surface area (Å²) in [5.41, 5.74) is 0.814. The van der Waals surface area contributed by atoms with Gasteiger partial charge in [0.25, 0.3) is 0 Å². The average molecular weight is 391 g/mol. The molecule has 6 nitrogen and oxygen atoms in total. The SMILES string of the molecule is C[C@@H](Cn1cccn1)NC(=O)[C@@H]1CCN(c2cccc(Br)c2)C1=O. The molecule has 1 aromatic carbocycles. The first-order valence-electron chi connectivity index (χ1n) is 7.89. The van der Waals surface area contributed by atoms with Crippen LogP contribution in [0.25, 0.3) is 0 Å². The molecule has 2 aromatic rings. The van der Waals surface area contributed by atoms with Crippen LogP contribution in [0, 0.1) is 5.92 Å². The quantitative estimate of drug-likeness (QED) is 0.795. The molecule has 0 saturated carbocycles. The van der Waals surface area contributed by atoms with E-state index in [1.807, 2.05) is 43.5 Å². The number of hydrogen-bond acceptors (Lipinski definition) is 3. The molecule has 126 valence electrons. The second-order valence-electron chi connectivity index (χ2n) is 5.95. The molecule has 0 unspecified atom stereocenters. The highest BCUT2D eigenvalue weighted by atomic mass is 79.9. The minimum Gasteiger partial charge on any atom is -0.351 e. The third kappa shape index (κ3) is 3.67. The molecule has 2 amide bonds. The normalized spacial score (nSPS) is 18.7. The second kappa shape index (κ2) is 7.17. The molecular weight excluding hydrogens is 372 g/mol. The number of carbonyl (C=O) groups is 2. The summed E-state index contributed by atoms with van der Waals surface area (Å²) in [6.45, 7) is 3.04. The van der Waals surface area contributed by atoms with Crippen molar-refractivity contribution in [3.8, 4) is 0 Å². The predicted octanol–water partition coefficient (Wildman–Crippen LogP) is 2.20. The van der Waals surface area contributed by atoms with Gasteiger partial charge in [-0.05, 0) is 37.6 Å². The highest BCUT2D eigenvalue weighted by molar-refractivity contribution is 9.10. The van der Waals surface area contributed by atoms with Gasteiger partial charge in [-0.2, -0.15) is 5.10 Å². The lowest BCUT2D eigenvalue weighted by molar-refractivity contribution is -0.132. The van der Waals surface area contributed by atoms with Crippen molar-refractivity contribution < 1.29 is 9.59 Å². The van der Waals surface area contributed by atoms with E-state index in [1.54, 1.807) is 15.8 Å². The molecule has 0 spiro atoms. The molecular formula is C17H19BrN4O2. The lowest BCUT2D eigenvalue weighted by atomic mass is 10.1. The molecule has 0 aliphatic carbocycles. The number of anilines is 1. The van der Waals surface area contributed by atoms with Crippen molar-refractivity contribution in [2.75, 3.05) is 11.4 Å². The predicted molar refractivity (Wildman–Crippen MR) is 94.4 cm³/mol. The Morgan fingerprint density at radius 2 is 2.29 bits per heavy atom. The molecule has 0 bridgehead atoms. The van der Waals surface area contributed by atoms with Crippen molar-refractivity contribution in [2.45, 2.75) is 25.9 Å². The Balaban J connectivity index is 1.61. The van der Waals surface area contributed by atoms with Gasteiger partial charge in [-0.25, -0.2) is 0 Å². The van der Waals surface area contributed by atoms with Gasteiger partial charge in [-0.1, -0.05) is 22.0 Å². The highest BCUT2D eigenvalue weighted by Gasteiger charge is 2.37. The maximum Gasteiger partial charge on any atom is 0.239 e. The van der Waals surface area contributed by atoms with Gasteiger partial charge < -0.3 is 10.2 Å². The lowest BCUT2D eigenvalue weighted by Gasteiger charge is -2.18. The van der Waals surface area contributed by atoms with Crippen molar-refractivity contribution in [3.05, 3.63) is 47.2 Å². The van der Waals surface area contributed by atoms with E-state index in [4.69, 9.17) is 0 Å². The summed E-state index contributed by atoms with van der Waals surface area (Å²) < 4.78 is 2.67. The molecule has 0 radical (unpaired) electrons. The fourth-order valence-corrected chi connectivity index (χ4v) is 3.29. The summed E-state index contributed by atoms with van der Waals surface area (Å²) in [4.78, 5) is 26.7. The Morgan fingerprint density at radius 1 is 1.46 bits per heavy atom. The molecule has 24 heavy (non-hydrogen) atoms. The van der Waals surface area contributed by atoms with E-state index in [0.717, 1.165) is 10.2 Å². The van der Waals surface area contributed by atoms with E-state index < -0.39 is 5.92 Å². The number of amides is 2. The number of aromatic nitrogens is 2. The molecule has 1 saturated heterocycles. The van der Waals surface area contributed by atoms with Crippen molar-refractivity contribution >= 4 is 33.4 Å². The topological polar surface area (TPSA) is 67.2 Å². The molecule has 2 heterocycles. The summed E-state index contributed by atoms with van der Waals surface area (Å²) in [6, 6.07) is 9.30. The zero-order valence-corrected chi connectivity index (χ0v) is 14.9. The Kier molecular flexibility index (Phi) is 4.99. The third-order valence-corrected chi connectivity index (χ3v) is 4.54. The summed E-state index contributed by atoms with van der Waals surface area (Å²) in [5, 5.41) is 7.04. The van der Waals surface area contributed by atoms with Crippen LogP contribution in [0.15, 0.2) is 47.2 Å². The van der Waals surface area contributed by atoms with Crippen LogP contribution in [0.4, 0.5) is 5.69 Å². The molecule has 1 aliphatic rings. The van der Waals surface area contributed by atoms with Crippen LogP contribution in [0.2, 0.25) is 0 Å². The fourth-order valence-electron chi connectivity index (χ4n) is 2.90. The zero-order valence-electron chi connectivity index (χ0n) is 13.4. The average Bonchev–Trinajstić information content (AvgIpc) is 3.16. The first-order valence-corrected chi connectivity index (χ1v) is 8.68. The number of nitrogens with zero attached hydrogens (tertiary/aromatic N) is 3. The van der Waals surface area contributed by atoms with Crippen LogP contribution < -0.4 is 10.2 Å². The molecule has 1 fully saturated rings. The van der Waals surface area contributed by atoms with Gasteiger partial charge in [0.15, 0.2) is 0 Å². The summed E-state index contributed by atoms with van der Waals surface area (Å²) in [6.07, 6.45) is 4.08. The number of carbonyl (C=O) groups excluding carboxylic acids is 2. The Bertz CT molecular complexity index is 732. The summed E-state index contributed by atoms with van der Waals surface area (Å²) in [7, 11) is 0. The van der Waals surface area contributed by atoms with Crippen molar-refractivity contribution in [3.63, 3.8) is 0 Å². The van der Waals surface area contributed by atoms with Gasteiger partial charge >= 0.3 is 0 Å². The molecule has 1 aromatic heterocycles. The largest absolute Gasteiger partial charge is 0.351 e. The minimum atomic E-state index is -0.621. The van der Waals surface area contributed by atoms with Gasteiger partial charge in [-0.3, -0.25) is 14.3 Å². The Labute approximate surface area is 149 Å². The van der Waals surface area contributed by atoms with Crippen LogP contribution in [0.5, 0.6) is 0 Å². The van der Waals surface area contributed by atoms with Gasteiger partial charge in [0, 0.05) is 35.1 Å². The van der Waals surface area contributed by atoms with Gasteiger partial charge in [0.05, 0.1) is 6.54 Å². The van der Waals surface area contributed by atoms with Crippen molar-refractivity contribution in [1.82, 2.24) is 15.1 Å². The highest BCUT2D eigenvalue weighted by Crippen LogP contribution is 2.27. The lowest BCUT2D eigenvalue weighted by Crippen LogP contribution is -2.42. The van der Waals surface area contributed by atoms with Crippen molar-refractivity contribution in [1.29, 1.82) is 0 Å². The molecule has 1 N–H and O–H groups in total. The Hall–Kier alpha value is -2.15. The van der Waals surface area contributed by atoms with E-state index in [1.165, 1.54) is 0 Å². The van der Waals surface area contributed by atoms with E-state index in [9.17, 15) is 9.59 Å². The maximum absolute atomic E-state index is 12.6.